The number of aryl methyl sites for hydroxylation is 2. The second-order valence-corrected chi connectivity index (χ2v) is 4.94. The number of hydrogen-bond donors (Lipinski definition) is 1. The highest BCUT2D eigenvalue weighted by molar-refractivity contribution is 5.18. The van der Waals surface area contributed by atoms with Crippen LogP contribution in [0.15, 0.2) is 39.5 Å². The molecule has 0 radical (unpaired) electrons. The van der Waals surface area contributed by atoms with Gasteiger partial charge in [-0.3, -0.25) is 4.98 Å². The average molecular weight is 284 g/mol. The molecule has 1 aromatic carbocycles. The molecule has 6 nitrogen and oxygen atoms in total. The van der Waals surface area contributed by atoms with Crippen LogP contribution < -0.4 is 5.69 Å². The molecule has 0 fully saturated rings. The van der Waals surface area contributed by atoms with Crippen LogP contribution in [0.2, 0.25) is 0 Å². The van der Waals surface area contributed by atoms with Crippen molar-refractivity contribution < 1.29 is 4.42 Å². The van der Waals surface area contributed by atoms with Gasteiger partial charge in [0.1, 0.15) is 18.1 Å². The van der Waals surface area contributed by atoms with E-state index in [-0.39, 0.29) is 12.2 Å². The van der Waals surface area contributed by atoms with Crippen molar-refractivity contribution in [2.45, 2.75) is 26.8 Å². The number of oxazole rings is 1. The Labute approximate surface area is 121 Å². The lowest BCUT2D eigenvalue weighted by Crippen LogP contribution is -2.18. The Bertz CT molecular complexity index is 799. The standard InChI is InChI=1S/C15H16N4O2/c1-10-13(21-11(2)16-10)9-19-15(20)17-14(18-19)8-12-6-4-3-5-7-12/h3-7H,8-9H2,1-2H3,(H,17,18,20). The summed E-state index contributed by atoms with van der Waals surface area (Å²) in [6, 6.07) is 9.89. The van der Waals surface area contributed by atoms with E-state index < -0.39 is 0 Å². The second-order valence-electron chi connectivity index (χ2n) is 4.94. The van der Waals surface area contributed by atoms with E-state index in [2.05, 4.69) is 15.1 Å². The number of benzene rings is 1. The Kier molecular flexibility index (Phi) is 3.43. The summed E-state index contributed by atoms with van der Waals surface area (Å²) in [5.41, 5.74) is 1.64. The number of rotatable bonds is 4. The molecule has 0 aliphatic carbocycles. The highest BCUT2D eigenvalue weighted by Gasteiger charge is 2.11. The van der Waals surface area contributed by atoms with Crippen molar-refractivity contribution in [3.05, 3.63) is 69.5 Å². The molecule has 108 valence electrons. The molecule has 0 amide bonds. The molecule has 0 saturated carbocycles. The number of H-pyrrole nitrogens is 1. The summed E-state index contributed by atoms with van der Waals surface area (Å²) in [6.45, 7) is 3.93. The van der Waals surface area contributed by atoms with Crippen LogP contribution in [0.3, 0.4) is 0 Å². The van der Waals surface area contributed by atoms with Crippen LogP contribution in [0.1, 0.15) is 28.7 Å². The minimum atomic E-state index is -0.241. The summed E-state index contributed by atoms with van der Waals surface area (Å²) in [7, 11) is 0. The molecule has 0 spiro atoms. The van der Waals surface area contributed by atoms with Gasteiger partial charge in [-0.2, -0.15) is 5.10 Å². The van der Waals surface area contributed by atoms with Crippen molar-refractivity contribution in [3.8, 4) is 0 Å². The molecule has 2 heterocycles. The van der Waals surface area contributed by atoms with E-state index in [9.17, 15) is 4.79 Å². The van der Waals surface area contributed by atoms with E-state index >= 15 is 0 Å². The fourth-order valence-corrected chi connectivity index (χ4v) is 2.24. The maximum atomic E-state index is 11.9. The van der Waals surface area contributed by atoms with Crippen molar-refractivity contribution >= 4 is 0 Å². The first-order valence-electron chi connectivity index (χ1n) is 6.74. The number of hydrogen-bond acceptors (Lipinski definition) is 4. The average Bonchev–Trinajstić information content (AvgIpc) is 2.94. The molecule has 2 aromatic heterocycles. The quantitative estimate of drug-likeness (QED) is 0.792. The zero-order valence-electron chi connectivity index (χ0n) is 12.0. The van der Waals surface area contributed by atoms with Crippen LogP contribution in [0.5, 0.6) is 0 Å². The Morgan fingerprint density at radius 1 is 1.24 bits per heavy atom. The molecule has 1 N–H and O–H groups in total. The minimum Gasteiger partial charge on any atom is -0.444 e. The van der Waals surface area contributed by atoms with Crippen LogP contribution in [0.4, 0.5) is 0 Å². The van der Waals surface area contributed by atoms with Gasteiger partial charge in [-0.15, -0.1) is 0 Å². The molecule has 21 heavy (non-hydrogen) atoms. The topological polar surface area (TPSA) is 76.7 Å². The van der Waals surface area contributed by atoms with Gasteiger partial charge in [-0.25, -0.2) is 14.5 Å². The second kappa shape index (κ2) is 5.40. The maximum Gasteiger partial charge on any atom is 0.343 e. The Balaban J connectivity index is 1.82. The summed E-state index contributed by atoms with van der Waals surface area (Å²) in [5, 5.41) is 4.31. The summed E-state index contributed by atoms with van der Waals surface area (Å²) >= 11 is 0. The zero-order valence-corrected chi connectivity index (χ0v) is 12.0. The third kappa shape index (κ3) is 2.94. The summed E-state index contributed by atoms with van der Waals surface area (Å²) in [6.07, 6.45) is 0.595. The van der Waals surface area contributed by atoms with E-state index in [1.807, 2.05) is 37.3 Å². The van der Waals surface area contributed by atoms with Crippen LogP contribution in [0, 0.1) is 13.8 Å². The lowest BCUT2D eigenvalue weighted by atomic mass is 10.1. The molecular formula is C15H16N4O2. The van der Waals surface area contributed by atoms with Gasteiger partial charge < -0.3 is 4.42 Å². The van der Waals surface area contributed by atoms with Gasteiger partial charge in [0.25, 0.3) is 0 Å². The number of aromatic amines is 1. The van der Waals surface area contributed by atoms with Crippen molar-refractivity contribution in [1.82, 2.24) is 19.7 Å². The molecule has 6 heteroatoms. The molecule has 0 atom stereocenters. The van der Waals surface area contributed by atoms with Gasteiger partial charge in [-0.1, -0.05) is 30.3 Å². The van der Waals surface area contributed by atoms with E-state index in [0.717, 1.165) is 11.3 Å². The largest absolute Gasteiger partial charge is 0.444 e. The first kappa shape index (κ1) is 13.4. The molecule has 0 bridgehead atoms. The van der Waals surface area contributed by atoms with Crippen LogP contribution in [-0.4, -0.2) is 19.7 Å². The zero-order chi connectivity index (χ0) is 14.8. The highest BCUT2D eigenvalue weighted by atomic mass is 16.4. The fraction of sp³-hybridized carbons (Fsp3) is 0.267. The first-order chi connectivity index (χ1) is 10.1. The molecular weight excluding hydrogens is 268 g/mol. The number of nitrogens with zero attached hydrogens (tertiary/aromatic N) is 3. The SMILES string of the molecule is Cc1nc(C)c(Cn2nc(Cc3ccccc3)[nH]c2=O)o1. The predicted octanol–water partition coefficient (Wildman–Crippen LogP) is 1.82. The molecule has 3 aromatic rings. The smallest absolute Gasteiger partial charge is 0.343 e. The van der Waals surface area contributed by atoms with Gasteiger partial charge in [0.05, 0.1) is 5.69 Å². The van der Waals surface area contributed by atoms with Gasteiger partial charge in [-0.05, 0) is 12.5 Å². The van der Waals surface area contributed by atoms with Crippen molar-refractivity contribution in [3.63, 3.8) is 0 Å². The normalized spacial score (nSPS) is 11.0. The molecule has 3 rings (SSSR count). The summed E-state index contributed by atoms with van der Waals surface area (Å²) in [4.78, 5) is 18.9. The highest BCUT2D eigenvalue weighted by Crippen LogP contribution is 2.10. The van der Waals surface area contributed by atoms with Gasteiger partial charge in [0.2, 0.25) is 0 Å². The van der Waals surface area contributed by atoms with Crippen molar-refractivity contribution in [2.75, 3.05) is 0 Å². The lowest BCUT2D eigenvalue weighted by Gasteiger charge is -1.97. The fourth-order valence-electron chi connectivity index (χ4n) is 2.24. The molecule has 0 unspecified atom stereocenters. The summed E-state index contributed by atoms with van der Waals surface area (Å²) in [5.74, 6) is 1.89. The third-order valence-electron chi connectivity index (χ3n) is 3.23. The summed E-state index contributed by atoms with van der Waals surface area (Å²) < 4.78 is 6.84. The van der Waals surface area contributed by atoms with E-state index in [1.165, 1.54) is 4.68 Å². The Hall–Kier alpha value is -2.63. The molecule has 0 aliphatic heterocycles. The van der Waals surface area contributed by atoms with Gasteiger partial charge in [0.15, 0.2) is 5.89 Å². The van der Waals surface area contributed by atoms with Crippen LogP contribution in [0.25, 0.3) is 0 Å². The monoisotopic (exact) mass is 284 g/mol. The van der Waals surface area contributed by atoms with Crippen LogP contribution >= 0.6 is 0 Å². The third-order valence-corrected chi connectivity index (χ3v) is 3.23. The van der Waals surface area contributed by atoms with E-state index in [1.54, 1.807) is 6.92 Å². The van der Waals surface area contributed by atoms with Crippen LogP contribution in [-0.2, 0) is 13.0 Å². The van der Waals surface area contributed by atoms with Gasteiger partial charge in [0, 0.05) is 13.3 Å². The maximum absolute atomic E-state index is 11.9. The number of aromatic nitrogens is 4. The Morgan fingerprint density at radius 3 is 2.67 bits per heavy atom. The van der Waals surface area contributed by atoms with Crippen molar-refractivity contribution in [1.29, 1.82) is 0 Å². The number of nitrogens with one attached hydrogen (secondary N) is 1. The molecule has 0 aliphatic rings. The predicted molar refractivity (Wildman–Crippen MR) is 77.2 cm³/mol. The Morgan fingerprint density at radius 2 is 2.00 bits per heavy atom. The van der Waals surface area contributed by atoms with Crippen molar-refractivity contribution in [2.24, 2.45) is 0 Å². The van der Waals surface area contributed by atoms with E-state index in [0.29, 0.717) is 23.9 Å². The van der Waals surface area contributed by atoms with Gasteiger partial charge >= 0.3 is 5.69 Å². The lowest BCUT2D eigenvalue weighted by molar-refractivity contribution is 0.447. The first-order valence-corrected chi connectivity index (χ1v) is 6.74. The molecule has 0 saturated heterocycles. The van der Waals surface area contributed by atoms with E-state index in [4.69, 9.17) is 4.42 Å². The minimum absolute atomic E-state index is 0.241.